The van der Waals surface area contributed by atoms with E-state index in [2.05, 4.69) is 17.3 Å². The van der Waals surface area contributed by atoms with Crippen molar-refractivity contribution < 1.29 is 18.0 Å². The van der Waals surface area contributed by atoms with Gasteiger partial charge in [0.25, 0.3) is 11.8 Å². The normalized spacial score (nSPS) is 24.9. The summed E-state index contributed by atoms with van der Waals surface area (Å²) >= 11 is 1.63. The summed E-state index contributed by atoms with van der Waals surface area (Å²) in [5.41, 5.74) is 5.07. The van der Waals surface area contributed by atoms with E-state index in [1.807, 2.05) is 37.3 Å². The van der Waals surface area contributed by atoms with E-state index in [-0.39, 0.29) is 21.7 Å². The fourth-order valence-corrected chi connectivity index (χ4v) is 7.22. The summed E-state index contributed by atoms with van der Waals surface area (Å²) < 4.78 is 24.0. The molecule has 1 aromatic heterocycles. The summed E-state index contributed by atoms with van der Waals surface area (Å²) in [6.07, 6.45) is 3.64. The number of nitrogens with two attached hydrogens (primary N) is 1. The first-order valence-corrected chi connectivity index (χ1v) is 14.1. The van der Waals surface area contributed by atoms with E-state index < -0.39 is 20.8 Å². The number of fused-ring (bicyclic) bond motifs is 1. The fraction of sp³-hybridized carbons (Fsp3) is 0.360. The summed E-state index contributed by atoms with van der Waals surface area (Å²) in [4.78, 5) is 29.5. The molecule has 184 valence electrons. The van der Waals surface area contributed by atoms with Crippen molar-refractivity contribution in [2.75, 3.05) is 0 Å². The van der Waals surface area contributed by atoms with Crippen LogP contribution in [0.15, 0.2) is 53.4 Å². The first-order valence-electron chi connectivity index (χ1n) is 11.7. The quantitative estimate of drug-likeness (QED) is 0.487. The largest absolute Gasteiger partial charge is 0.350 e. The van der Waals surface area contributed by atoms with Crippen molar-refractivity contribution in [3.05, 3.63) is 54.2 Å². The number of rotatable bonds is 4. The third-order valence-electron chi connectivity index (χ3n) is 7.03. The van der Waals surface area contributed by atoms with Crippen molar-refractivity contribution in [2.45, 2.75) is 54.5 Å². The maximum Gasteiger partial charge on any atom is 0.286 e. The molecule has 5 rings (SSSR count). The molecule has 3 aromatic rings. The zero-order valence-electron chi connectivity index (χ0n) is 19.6. The molecule has 35 heavy (non-hydrogen) atoms. The Labute approximate surface area is 208 Å². The van der Waals surface area contributed by atoms with Crippen LogP contribution in [-0.2, 0) is 14.8 Å². The molecule has 1 saturated carbocycles. The van der Waals surface area contributed by atoms with Crippen LogP contribution < -0.4 is 10.6 Å². The molecule has 0 bridgehead atoms. The molecule has 2 amide bonds. The Morgan fingerprint density at radius 3 is 2.49 bits per heavy atom. The van der Waals surface area contributed by atoms with E-state index in [9.17, 15) is 18.0 Å². The molecule has 2 heterocycles. The van der Waals surface area contributed by atoms with Crippen LogP contribution in [0.2, 0.25) is 0 Å². The van der Waals surface area contributed by atoms with Crippen LogP contribution in [-0.4, -0.2) is 40.3 Å². The van der Waals surface area contributed by atoms with Gasteiger partial charge < -0.3 is 4.98 Å². The lowest BCUT2D eigenvalue weighted by molar-refractivity contribution is -0.135. The molecule has 4 N–H and O–H groups in total. The maximum atomic E-state index is 13.7. The zero-order chi connectivity index (χ0) is 25.0. The fourth-order valence-electron chi connectivity index (χ4n) is 5.11. The molecular formula is C25H28N4O4S2. The second-order valence-electron chi connectivity index (χ2n) is 9.50. The Bertz CT molecular complexity index is 1410. The highest BCUT2D eigenvalue weighted by Gasteiger charge is 2.52. The minimum absolute atomic E-state index is 0.0386. The Balaban J connectivity index is 1.58. The maximum absolute atomic E-state index is 13.7. The third kappa shape index (κ3) is 4.23. The molecule has 1 saturated heterocycles. The van der Waals surface area contributed by atoms with Gasteiger partial charge in [0.2, 0.25) is 10.0 Å². The smallest absolute Gasteiger partial charge is 0.286 e. The molecule has 10 heteroatoms. The number of carbonyl (C=O) groups is 2. The number of nitrogens with zero attached hydrogens (tertiary/aromatic N) is 1. The van der Waals surface area contributed by atoms with E-state index in [4.69, 9.17) is 5.14 Å². The first-order chi connectivity index (χ1) is 16.6. The second kappa shape index (κ2) is 8.69. The first kappa shape index (κ1) is 23.9. The average molecular weight is 513 g/mol. The number of nitrogens with one attached hydrogen (secondary N) is 2. The zero-order valence-corrected chi connectivity index (χ0v) is 21.2. The molecule has 1 aliphatic carbocycles. The van der Waals surface area contributed by atoms with Gasteiger partial charge >= 0.3 is 0 Å². The monoisotopic (exact) mass is 512 g/mol. The van der Waals surface area contributed by atoms with E-state index in [0.717, 1.165) is 31.2 Å². The predicted molar refractivity (Wildman–Crippen MR) is 137 cm³/mol. The van der Waals surface area contributed by atoms with Crippen molar-refractivity contribution in [3.8, 4) is 11.1 Å². The third-order valence-corrected chi connectivity index (χ3v) is 9.52. The Morgan fingerprint density at radius 1 is 1.14 bits per heavy atom. The molecule has 2 fully saturated rings. The van der Waals surface area contributed by atoms with Crippen LogP contribution in [0.1, 0.15) is 50.0 Å². The number of amides is 2. The van der Waals surface area contributed by atoms with Gasteiger partial charge in [0, 0.05) is 16.5 Å². The van der Waals surface area contributed by atoms with Crippen molar-refractivity contribution in [2.24, 2.45) is 11.1 Å². The van der Waals surface area contributed by atoms with Gasteiger partial charge in [0.1, 0.15) is 10.6 Å². The lowest BCUT2D eigenvalue weighted by Gasteiger charge is -2.41. The van der Waals surface area contributed by atoms with Gasteiger partial charge in [-0.1, -0.05) is 37.3 Å². The summed E-state index contributed by atoms with van der Waals surface area (Å²) in [5.74, 6) is 0.0428. The van der Waals surface area contributed by atoms with Gasteiger partial charge in [-0.3, -0.25) is 15.0 Å². The number of carbonyl (C=O) groups excluding carboxylic acids is 2. The van der Waals surface area contributed by atoms with Crippen LogP contribution in [0.4, 0.5) is 0 Å². The van der Waals surface area contributed by atoms with Gasteiger partial charge in [-0.05, 0) is 62.3 Å². The minimum atomic E-state index is -3.93. The van der Waals surface area contributed by atoms with Gasteiger partial charge in [-0.2, -0.15) is 0 Å². The Morgan fingerprint density at radius 2 is 1.83 bits per heavy atom. The van der Waals surface area contributed by atoms with Crippen molar-refractivity contribution in [1.29, 1.82) is 0 Å². The molecule has 0 radical (unpaired) electrons. The van der Waals surface area contributed by atoms with Crippen LogP contribution in [0.5, 0.6) is 0 Å². The van der Waals surface area contributed by atoms with Crippen molar-refractivity contribution in [3.63, 3.8) is 0 Å². The summed E-state index contributed by atoms with van der Waals surface area (Å²) in [6.45, 7) is 4.10. The SMILES string of the molecule is CC1CCC2(CC1)SC(C)C(=O)N2NC(=O)c1[nH]c2ccc(S(N)(=O)=O)cc2c1-c1ccccc1. The summed E-state index contributed by atoms with van der Waals surface area (Å²) in [7, 11) is -3.93. The van der Waals surface area contributed by atoms with E-state index in [1.165, 1.54) is 12.1 Å². The van der Waals surface area contributed by atoms with Crippen LogP contribution >= 0.6 is 11.8 Å². The van der Waals surface area contributed by atoms with E-state index >= 15 is 0 Å². The minimum Gasteiger partial charge on any atom is -0.350 e. The average Bonchev–Trinajstić information content (AvgIpc) is 3.32. The van der Waals surface area contributed by atoms with E-state index in [0.29, 0.717) is 22.4 Å². The Kier molecular flexibility index (Phi) is 5.93. The number of aromatic nitrogens is 1. The number of sulfonamides is 1. The highest BCUT2D eigenvalue weighted by Crippen LogP contribution is 2.50. The Hall–Kier alpha value is -2.82. The summed E-state index contributed by atoms with van der Waals surface area (Å²) in [5, 5.41) is 7.23. The van der Waals surface area contributed by atoms with Crippen LogP contribution in [0.3, 0.4) is 0 Å². The molecular weight excluding hydrogens is 484 g/mol. The lowest BCUT2D eigenvalue weighted by atomic mass is 9.86. The molecule has 1 aliphatic heterocycles. The predicted octanol–water partition coefficient (Wildman–Crippen LogP) is 4.00. The van der Waals surface area contributed by atoms with Crippen molar-refractivity contribution in [1.82, 2.24) is 15.4 Å². The van der Waals surface area contributed by atoms with Gasteiger partial charge in [0.05, 0.1) is 10.1 Å². The molecule has 1 spiro atoms. The van der Waals surface area contributed by atoms with Gasteiger partial charge in [-0.15, -0.1) is 11.8 Å². The number of hydrogen-bond acceptors (Lipinski definition) is 5. The van der Waals surface area contributed by atoms with Crippen LogP contribution in [0.25, 0.3) is 22.0 Å². The van der Waals surface area contributed by atoms with Crippen molar-refractivity contribution >= 4 is 44.5 Å². The molecule has 2 aliphatic rings. The number of aromatic amines is 1. The molecule has 8 nitrogen and oxygen atoms in total. The number of benzene rings is 2. The van der Waals surface area contributed by atoms with Crippen LogP contribution in [0, 0.1) is 5.92 Å². The highest BCUT2D eigenvalue weighted by atomic mass is 32.2. The molecule has 1 unspecified atom stereocenters. The van der Waals surface area contributed by atoms with Gasteiger partial charge in [-0.25, -0.2) is 18.6 Å². The molecule has 1 atom stereocenters. The van der Waals surface area contributed by atoms with Gasteiger partial charge in [0.15, 0.2) is 0 Å². The number of H-pyrrole nitrogens is 1. The number of thioether (sulfide) groups is 1. The standard InChI is InChI=1S/C25H28N4O4S2/c1-15-10-12-25(13-11-15)29(24(31)16(2)34-25)28-23(30)22-21(17-6-4-3-5-7-17)19-14-18(35(26,32)33)8-9-20(19)27-22/h3-9,14-16,27H,10-13H2,1-2H3,(H,28,30)(H2,26,32,33). The lowest BCUT2D eigenvalue weighted by Crippen LogP contribution is -2.56. The second-order valence-corrected chi connectivity index (χ2v) is 12.8. The number of hydrazine groups is 1. The topological polar surface area (TPSA) is 125 Å². The number of hydrogen-bond donors (Lipinski definition) is 3. The van der Waals surface area contributed by atoms with E-state index in [1.54, 1.807) is 22.8 Å². The number of primary sulfonamides is 1. The summed E-state index contributed by atoms with van der Waals surface area (Å²) in [6, 6.07) is 13.7. The highest BCUT2D eigenvalue weighted by molar-refractivity contribution is 8.02. The molecule has 2 aromatic carbocycles.